The number of aliphatic hydroxyl groups excluding tert-OH is 2. The monoisotopic (exact) mass is 434 g/mol. The molecule has 4 fully saturated rings. The topological polar surface area (TPSA) is 77.8 Å². The molecule has 0 aromatic rings. The lowest BCUT2D eigenvalue weighted by Gasteiger charge is -2.61. The molecule has 0 amide bonds. The van der Waals surface area contributed by atoms with Crippen molar-refractivity contribution in [2.45, 2.75) is 117 Å². The Labute approximate surface area is 189 Å². The Bertz CT molecular complexity index is 687. The smallest absolute Gasteiger partial charge is 0.136 e. The van der Waals surface area contributed by atoms with E-state index < -0.39 is 11.7 Å². The number of hydrogen-bond donors (Lipinski definition) is 3. The molecule has 0 aromatic heterocycles. The van der Waals surface area contributed by atoms with Crippen molar-refractivity contribution in [1.29, 1.82) is 0 Å². The third kappa shape index (κ3) is 3.73. The van der Waals surface area contributed by atoms with Crippen LogP contribution in [0, 0.1) is 46.3 Å². The molecule has 3 N–H and O–H groups in total. The van der Waals surface area contributed by atoms with Gasteiger partial charge in [-0.15, -0.1) is 0 Å². The van der Waals surface area contributed by atoms with Crippen LogP contribution in [-0.2, 0) is 4.79 Å². The molecule has 178 valence electrons. The van der Waals surface area contributed by atoms with Crippen LogP contribution in [0.25, 0.3) is 0 Å². The molecule has 4 aliphatic carbocycles. The Morgan fingerprint density at radius 3 is 2.35 bits per heavy atom. The van der Waals surface area contributed by atoms with Crippen LogP contribution < -0.4 is 0 Å². The molecule has 0 heterocycles. The molecule has 0 saturated heterocycles. The first-order chi connectivity index (χ1) is 14.4. The Morgan fingerprint density at radius 1 is 1.03 bits per heavy atom. The van der Waals surface area contributed by atoms with Crippen LogP contribution in [0.2, 0.25) is 0 Å². The van der Waals surface area contributed by atoms with Crippen molar-refractivity contribution in [2.24, 2.45) is 46.3 Å². The first kappa shape index (κ1) is 23.7. The Hall–Kier alpha value is -0.450. The molecule has 4 aliphatic rings. The number of fused-ring (bicyclic) bond motifs is 5. The second-order valence-electron chi connectivity index (χ2n) is 12.9. The fraction of sp³-hybridized carbons (Fsp3) is 0.963. The summed E-state index contributed by atoms with van der Waals surface area (Å²) in [6, 6.07) is 0. The predicted molar refractivity (Wildman–Crippen MR) is 122 cm³/mol. The molecule has 0 spiro atoms. The van der Waals surface area contributed by atoms with Crippen LogP contribution in [0.5, 0.6) is 0 Å². The summed E-state index contributed by atoms with van der Waals surface area (Å²) in [6.07, 6.45) is 7.86. The fourth-order valence-corrected chi connectivity index (χ4v) is 9.00. The van der Waals surface area contributed by atoms with E-state index in [0.717, 1.165) is 44.9 Å². The molecule has 10 atom stereocenters. The third-order valence-corrected chi connectivity index (χ3v) is 10.8. The summed E-state index contributed by atoms with van der Waals surface area (Å²) in [5.41, 5.74) is -1.07. The van der Waals surface area contributed by atoms with Crippen LogP contribution in [0.15, 0.2) is 0 Å². The molecule has 4 rings (SSSR count). The summed E-state index contributed by atoms with van der Waals surface area (Å²) in [7, 11) is 0. The maximum absolute atomic E-state index is 13.3. The summed E-state index contributed by atoms with van der Waals surface area (Å²) in [5.74, 6) is 2.41. The fourth-order valence-electron chi connectivity index (χ4n) is 9.00. The molecule has 0 unspecified atom stereocenters. The van der Waals surface area contributed by atoms with Gasteiger partial charge in [-0.05, 0) is 105 Å². The minimum absolute atomic E-state index is 0.0128. The molecule has 4 heteroatoms. The maximum atomic E-state index is 13.3. The average Bonchev–Trinajstić information content (AvgIpc) is 3.05. The van der Waals surface area contributed by atoms with E-state index in [9.17, 15) is 20.1 Å². The van der Waals surface area contributed by atoms with Crippen LogP contribution in [-0.4, -0.2) is 38.9 Å². The van der Waals surface area contributed by atoms with E-state index in [1.807, 2.05) is 6.92 Å². The van der Waals surface area contributed by atoms with Crippen molar-refractivity contribution in [3.05, 3.63) is 0 Å². The number of Topliss-reactive ketones (excluding diaryl/α,β-unsaturated/α-hetero) is 1. The maximum Gasteiger partial charge on any atom is 0.136 e. The van der Waals surface area contributed by atoms with Gasteiger partial charge in [0.05, 0.1) is 17.8 Å². The number of carbonyl (C=O) groups excluding carboxylic acids is 1. The molecule has 0 aliphatic heterocycles. The Morgan fingerprint density at radius 2 is 1.68 bits per heavy atom. The van der Waals surface area contributed by atoms with Crippen LogP contribution >= 0.6 is 0 Å². The zero-order valence-electron chi connectivity index (χ0n) is 20.4. The van der Waals surface area contributed by atoms with Gasteiger partial charge in [-0.2, -0.15) is 0 Å². The van der Waals surface area contributed by atoms with Gasteiger partial charge in [0.25, 0.3) is 0 Å². The second kappa shape index (κ2) is 8.09. The quantitative estimate of drug-likeness (QED) is 0.584. The summed E-state index contributed by atoms with van der Waals surface area (Å²) >= 11 is 0. The predicted octanol–water partition coefficient (Wildman–Crippen LogP) is 4.73. The lowest BCUT2D eigenvalue weighted by molar-refractivity contribution is -0.173. The summed E-state index contributed by atoms with van der Waals surface area (Å²) in [5, 5.41) is 32.7. The molecular weight excluding hydrogens is 388 g/mol. The van der Waals surface area contributed by atoms with Gasteiger partial charge in [0.1, 0.15) is 5.78 Å². The van der Waals surface area contributed by atoms with Gasteiger partial charge in [-0.25, -0.2) is 0 Å². The summed E-state index contributed by atoms with van der Waals surface area (Å²) < 4.78 is 0. The van der Waals surface area contributed by atoms with Gasteiger partial charge in [-0.1, -0.05) is 27.7 Å². The number of ketones is 1. The normalized spacial score (nSPS) is 48.0. The number of carbonyl (C=O) groups is 1. The first-order valence-corrected chi connectivity index (χ1v) is 13.0. The molecule has 4 saturated carbocycles. The SMILES string of the molecule is CC(C)CC[C@@H](O)[C@](C)(O)[C@H]1CC[C@H]2[C@@H]3CC(=O)[C@H]4C[C@@H](O)CC[C@]4(C)[C@H]3CC[C@]12C. The van der Waals surface area contributed by atoms with E-state index in [1.54, 1.807) is 0 Å². The molecule has 0 aromatic carbocycles. The van der Waals surface area contributed by atoms with E-state index >= 15 is 0 Å². The zero-order chi connectivity index (χ0) is 22.8. The minimum atomic E-state index is -1.08. The average molecular weight is 435 g/mol. The van der Waals surface area contributed by atoms with Crippen LogP contribution in [0.3, 0.4) is 0 Å². The van der Waals surface area contributed by atoms with Gasteiger partial charge >= 0.3 is 0 Å². The first-order valence-electron chi connectivity index (χ1n) is 13.0. The Balaban J connectivity index is 1.56. The van der Waals surface area contributed by atoms with Crippen molar-refractivity contribution in [1.82, 2.24) is 0 Å². The molecule has 4 nitrogen and oxygen atoms in total. The van der Waals surface area contributed by atoms with Gasteiger partial charge in [0.15, 0.2) is 0 Å². The van der Waals surface area contributed by atoms with Crippen molar-refractivity contribution in [3.8, 4) is 0 Å². The Kier molecular flexibility index (Phi) is 6.19. The molecule has 31 heavy (non-hydrogen) atoms. The van der Waals surface area contributed by atoms with E-state index in [-0.39, 0.29) is 28.8 Å². The second-order valence-corrected chi connectivity index (χ2v) is 12.9. The molecule has 0 bridgehead atoms. The lowest BCUT2D eigenvalue weighted by atomic mass is 9.44. The van der Waals surface area contributed by atoms with Crippen molar-refractivity contribution in [3.63, 3.8) is 0 Å². The van der Waals surface area contributed by atoms with E-state index in [2.05, 4.69) is 27.7 Å². The summed E-state index contributed by atoms with van der Waals surface area (Å²) in [4.78, 5) is 13.3. The number of hydrogen-bond acceptors (Lipinski definition) is 4. The highest BCUT2D eigenvalue weighted by Gasteiger charge is 2.64. The largest absolute Gasteiger partial charge is 0.393 e. The zero-order valence-corrected chi connectivity index (χ0v) is 20.4. The van der Waals surface area contributed by atoms with Crippen molar-refractivity contribution >= 4 is 5.78 Å². The highest BCUT2D eigenvalue weighted by molar-refractivity contribution is 5.83. The van der Waals surface area contributed by atoms with Gasteiger partial charge in [0.2, 0.25) is 0 Å². The van der Waals surface area contributed by atoms with Gasteiger partial charge < -0.3 is 15.3 Å². The molecule has 0 radical (unpaired) electrons. The van der Waals surface area contributed by atoms with Crippen LogP contribution in [0.4, 0.5) is 0 Å². The molecular formula is C27H46O4. The summed E-state index contributed by atoms with van der Waals surface area (Å²) in [6.45, 7) is 10.9. The lowest BCUT2D eigenvalue weighted by Crippen LogP contribution is -2.59. The minimum Gasteiger partial charge on any atom is -0.393 e. The standard InChI is InChI=1S/C27H46O4/c1-16(2)6-9-24(30)27(5,31)23-8-7-19-18-15-22(29)21-14-17(28)10-12-25(21,3)20(18)11-13-26(19,23)4/h16-21,23-24,28,30-31H,6-15H2,1-5H3/t17-,18-,19-,20-,21+,23-,24+,25+,26-,27+/m0/s1. The third-order valence-electron chi connectivity index (χ3n) is 10.8. The van der Waals surface area contributed by atoms with E-state index in [0.29, 0.717) is 48.7 Å². The number of aliphatic hydroxyl groups is 3. The van der Waals surface area contributed by atoms with E-state index in [4.69, 9.17) is 0 Å². The van der Waals surface area contributed by atoms with E-state index in [1.165, 1.54) is 0 Å². The van der Waals surface area contributed by atoms with Crippen molar-refractivity contribution < 1.29 is 20.1 Å². The van der Waals surface area contributed by atoms with Crippen molar-refractivity contribution in [2.75, 3.05) is 0 Å². The number of rotatable bonds is 5. The highest BCUT2D eigenvalue weighted by Crippen LogP contribution is 2.68. The highest BCUT2D eigenvalue weighted by atomic mass is 16.3. The van der Waals surface area contributed by atoms with Gasteiger partial charge in [0, 0.05) is 12.3 Å². The van der Waals surface area contributed by atoms with Gasteiger partial charge in [-0.3, -0.25) is 4.79 Å². The van der Waals surface area contributed by atoms with Crippen LogP contribution in [0.1, 0.15) is 98.8 Å².